The normalized spacial score (nSPS) is 27.9. The molecular formula is C18H23N3O2. The Balaban J connectivity index is 1.43. The Kier molecular flexibility index (Phi) is 4.16. The highest BCUT2D eigenvalue weighted by atomic mass is 16.6. The van der Waals surface area contributed by atoms with Crippen LogP contribution in [0.5, 0.6) is 0 Å². The van der Waals surface area contributed by atoms with E-state index in [4.69, 9.17) is 9.47 Å². The van der Waals surface area contributed by atoms with Gasteiger partial charge in [-0.25, -0.2) is 4.98 Å². The van der Waals surface area contributed by atoms with E-state index < -0.39 is 0 Å². The van der Waals surface area contributed by atoms with E-state index in [0.29, 0.717) is 6.61 Å². The number of ether oxygens (including phenoxy) is 2. The van der Waals surface area contributed by atoms with Crippen molar-refractivity contribution in [1.29, 1.82) is 0 Å². The predicted molar refractivity (Wildman–Crippen MR) is 86.8 cm³/mol. The highest BCUT2D eigenvalue weighted by Crippen LogP contribution is 2.37. The van der Waals surface area contributed by atoms with E-state index >= 15 is 0 Å². The van der Waals surface area contributed by atoms with Crippen molar-refractivity contribution in [3.8, 4) is 0 Å². The highest BCUT2D eigenvalue weighted by Gasteiger charge is 2.50. The van der Waals surface area contributed by atoms with Gasteiger partial charge in [0.15, 0.2) is 0 Å². The third kappa shape index (κ3) is 3.17. The molecule has 5 nitrogen and oxygen atoms in total. The second-order valence-corrected chi connectivity index (χ2v) is 6.51. The molecule has 0 radical (unpaired) electrons. The Hall–Kier alpha value is -1.69. The zero-order chi connectivity index (χ0) is 15.5. The summed E-state index contributed by atoms with van der Waals surface area (Å²) in [6, 6.07) is 10.4. The lowest BCUT2D eigenvalue weighted by atomic mass is 9.96. The summed E-state index contributed by atoms with van der Waals surface area (Å²) < 4.78 is 12.4. The molecule has 0 unspecified atom stereocenters. The number of likely N-dealkylation sites (tertiary alicyclic amines) is 1. The average molecular weight is 313 g/mol. The van der Waals surface area contributed by atoms with Crippen LogP contribution in [0.1, 0.15) is 24.2 Å². The molecule has 0 saturated carbocycles. The molecule has 1 N–H and O–H groups in total. The van der Waals surface area contributed by atoms with E-state index in [9.17, 15) is 0 Å². The number of nitrogens with zero attached hydrogens (tertiary/aromatic N) is 2. The third-order valence-corrected chi connectivity index (χ3v) is 4.86. The molecule has 2 saturated heterocycles. The number of H-pyrrole nitrogens is 1. The standard InChI is InChI=1S/C18H23N3O2/c1-2-5-15(6-3-1)13-22-16-11-21(12-17-19-8-9-20-17)14-18(16)7-4-10-23-18/h1-3,5-6,8-9,16H,4,7,10-14H2,(H,19,20)/t16-,18-/m0/s1. The van der Waals surface area contributed by atoms with Crippen LogP contribution in [0.3, 0.4) is 0 Å². The first-order valence-electron chi connectivity index (χ1n) is 8.34. The van der Waals surface area contributed by atoms with Gasteiger partial charge in [-0.15, -0.1) is 0 Å². The number of hydrogen-bond donors (Lipinski definition) is 1. The summed E-state index contributed by atoms with van der Waals surface area (Å²) in [4.78, 5) is 9.90. The van der Waals surface area contributed by atoms with Crippen molar-refractivity contribution >= 4 is 0 Å². The van der Waals surface area contributed by atoms with Crippen molar-refractivity contribution in [3.05, 3.63) is 54.1 Å². The van der Waals surface area contributed by atoms with Gasteiger partial charge in [-0.1, -0.05) is 30.3 Å². The minimum Gasteiger partial charge on any atom is -0.371 e. The van der Waals surface area contributed by atoms with Gasteiger partial charge >= 0.3 is 0 Å². The largest absolute Gasteiger partial charge is 0.371 e. The molecule has 23 heavy (non-hydrogen) atoms. The number of rotatable bonds is 5. The van der Waals surface area contributed by atoms with Crippen LogP contribution in [0.15, 0.2) is 42.7 Å². The van der Waals surface area contributed by atoms with Crippen molar-refractivity contribution < 1.29 is 9.47 Å². The number of hydrogen-bond acceptors (Lipinski definition) is 4. The molecule has 1 spiro atoms. The van der Waals surface area contributed by atoms with Crippen LogP contribution in [-0.4, -0.2) is 46.3 Å². The molecule has 3 heterocycles. The summed E-state index contributed by atoms with van der Waals surface area (Å²) in [7, 11) is 0. The highest BCUT2D eigenvalue weighted by molar-refractivity contribution is 5.14. The minimum atomic E-state index is -0.138. The maximum absolute atomic E-state index is 6.28. The maximum Gasteiger partial charge on any atom is 0.120 e. The van der Waals surface area contributed by atoms with E-state index in [1.807, 2.05) is 12.3 Å². The fourth-order valence-electron chi connectivity index (χ4n) is 3.74. The zero-order valence-electron chi connectivity index (χ0n) is 13.3. The van der Waals surface area contributed by atoms with Gasteiger partial charge < -0.3 is 14.5 Å². The molecule has 2 fully saturated rings. The van der Waals surface area contributed by atoms with Crippen molar-refractivity contribution in [2.45, 2.75) is 37.7 Å². The quantitative estimate of drug-likeness (QED) is 0.921. The average Bonchev–Trinajstić information content (AvgIpc) is 3.31. The Morgan fingerprint density at radius 3 is 3.00 bits per heavy atom. The zero-order valence-corrected chi connectivity index (χ0v) is 13.3. The number of aromatic nitrogens is 2. The Labute approximate surface area is 136 Å². The molecule has 5 heteroatoms. The lowest BCUT2D eigenvalue weighted by molar-refractivity contribution is -0.0959. The first-order chi connectivity index (χ1) is 11.3. The van der Waals surface area contributed by atoms with Gasteiger partial charge in [0.2, 0.25) is 0 Å². The summed E-state index contributed by atoms with van der Waals surface area (Å²) in [5.74, 6) is 1.00. The third-order valence-electron chi connectivity index (χ3n) is 4.86. The number of imidazole rings is 1. The predicted octanol–water partition coefficient (Wildman–Crippen LogP) is 2.36. The molecule has 0 aliphatic carbocycles. The monoisotopic (exact) mass is 313 g/mol. The van der Waals surface area contributed by atoms with Gasteiger partial charge in [-0.3, -0.25) is 4.90 Å². The Morgan fingerprint density at radius 1 is 1.35 bits per heavy atom. The molecule has 1 aromatic carbocycles. The van der Waals surface area contributed by atoms with E-state index in [-0.39, 0.29) is 11.7 Å². The minimum absolute atomic E-state index is 0.125. The summed E-state index contributed by atoms with van der Waals surface area (Å²) in [6.45, 7) is 4.13. The first kappa shape index (κ1) is 14.9. The van der Waals surface area contributed by atoms with Gasteiger partial charge in [-0.2, -0.15) is 0 Å². The topological polar surface area (TPSA) is 50.4 Å². The van der Waals surface area contributed by atoms with Crippen molar-refractivity contribution in [3.63, 3.8) is 0 Å². The lowest BCUT2D eigenvalue weighted by Gasteiger charge is -2.29. The van der Waals surface area contributed by atoms with Crippen LogP contribution in [0.2, 0.25) is 0 Å². The Bertz CT molecular complexity index is 608. The van der Waals surface area contributed by atoms with Crippen LogP contribution in [0.25, 0.3) is 0 Å². The summed E-state index contributed by atoms with van der Waals surface area (Å²) in [5, 5.41) is 0. The van der Waals surface area contributed by atoms with Gasteiger partial charge in [0.25, 0.3) is 0 Å². The SMILES string of the molecule is c1ccc(CO[C@H]2CN(Cc3ncc[nH]3)C[C@@]23CCCO3)cc1. The van der Waals surface area contributed by atoms with E-state index in [1.54, 1.807) is 6.20 Å². The fraction of sp³-hybridized carbons (Fsp3) is 0.500. The number of benzene rings is 1. The van der Waals surface area contributed by atoms with Crippen LogP contribution in [0, 0.1) is 0 Å². The fourth-order valence-corrected chi connectivity index (χ4v) is 3.74. The van der Waals surface area contributed by atoms with Gasteiger partial charge in [0, 0.05) is 32.1 Å². The van der Waals surface area contributed by atoms with E-state index in [1.165, 1.54) is 5.56 Å². The Morgan fingerprint density at radius 2 is 2.26 bits per heavy atom. The molecular weight excluding hydrogens is 290 g/mol. The van der Waals surface area contributed by atoms with Crippen LogP contribution < -0.4 is 0 Å². The molecule has 2 aliphatic heterocycles. The van der Waals surface area contributed by atoms with Crippen LogP contribution in [-0.2, 0) is 22.6 Å². The summed E-state index contributed by atoms with van der Waals surface area (Å²) in [5.41, 5.74) is 1.08. The second kappa shape index (κ2) is 6.43. The summed E-state index contributed by atoms with van der Waals surface area (Å²) >= 11 is 0. The number of aromatic amines is 1. The maximum atomic E-state index is 6.28. The van der Waals surface area contributed by atoms with E-state index in [0.717, 1.165) is 44.9 Å². The van der Waals surface area contributed by atoms with Gasteiger partial charge in [0.1, 0.15) is 17.5 Å². The smallest absolute Gasteiger partial charge is 0.120 e. The molecule has 4 rings (SSSR count). The first-order valence-corrected chi connectivity index (χ1v) is 8.34. The van der Waals surface area contributed by atoms with Crippen molar-refractivity contribution in [1.82, 2.24) is 14.9 Å². The van der Waals surface area contributed by atoms with Crippen LogP contribution >= 0.6 is 0 Å². The summed E-state index contributed by atoms with van der Waals surface area (Å²) in [6.07, 6.45) is 6.01. The van der Waals surface area contributed by atoms with Gasteiger partial charge in [0.05, 0.1) is 13.2 Å². The second-order valence-electron chi connectivity index (χ2n) is 6.51. The molecule has 122 valence electrons. The molecule has 0 amide bonds. The van der Waals surface area contributed by atoms with Crippen LogP contribution in [0.4, 0.5) is 0 Å². The molecule has 2 atom stereocenters. The molecule has 2 aliphatic rings. The van der Waals surface area contributed by atoms with Crippen molar-refractivity contribution in [2.75, 3.05) is 19.7 Å². The molecule has 1 aromatic heterocycles. The molecule has 2 aromatic rings. The number of nitrogens with one attached hydrogen (secondary N) is 1. The van der Waals surface area contributed by atoms with Crippen molar-refractivity contribution in [2.24, 2.45) is 0 Å². The van der Waals surface area contributed by atoms with E-state index in [2.05, 4.69) is 39.1 Å². The van der Waals surface area contributed by atoms with Gasteiger partial charge in [-0.05, 0) is 18.4 Å². The molecule has 0 bridgehead atoms. The lowest BCUT2D eigenvalue weighted by Crippen LogP contribution is -2.42.